The summed E-state index contributed by atoms with van der Waals surface area (Å²) >= 11 is 1.84. The molecule has 0 amide bonds. The molecule has 2 nitrogen and oxygen atoms in total. The van der Waals surface area contributed by atoms with Gasteiger partial charge in [0.2, 0.25) is 0 Å². The average Bonchev–Trinajstić information content (AvgIpc) is 2.90. The van der Waals surface area contributed by atoms with E-state index in [4.69, 9.17) is 0 Å². The molecule has 0 aliphatic carbocycles. The van der Waals surface area contributed by atoms with Gasteiger partial charge in [0.25, 0.3) is 0 Å². The zero-order valence-electron chi connectivity index (χ0n) is 13.0. The summed E-state index contributed by atoms with van der Waals surface area (Å²) in [4.78, 5) is 4.02. The van der Waals surface area contributed by atoms with E-state index >= 15 is 0 Å². The molecule has 0 aliphatic rings. The normalized spacial score (nSPS) is 13.4. The van der Waals surface area contributed by atoms with Crippen LogP contribution in [0.2, 0.25) is 0 Å². The smallest absolute Gasteiger partial charge is 0.0386 e. The number of hydrogen-bond acceptors (Lipinski definition) is 3. The predicted molar refractivity (Wildman–Crippen MR) is 87.0 cm³/mol. The Morgan fingerprint density at radius 1 is 1.21 bits per heavy atom. The first kappa shape index (κ1) is 16.7. The maximum absolute atomic E-state index is 3.63. The Bertz CT molecular complexity index is 309. The van der Waals surface area contributed by atoms with Gasteiger partial charge in [0, 0.05) is 30.1 Å². The SMILES string of the molecule is CCCCCN(CCNC(C)c1cccs1)C(C)C. The van der Waals surface area contributed by atoms with Gasteiger partial charge in [0.1, 0.15) is 0 Å². The average molecular weight is 282 g/mol. The van der Waals surface area contributed by atoms with Crippen LogP contribution in [-0.2, 0) is 0 Å². The zero-order chi connectivity index (χ0) is 14.1. The van der Waals surface area contributed by atoms with Gasteiger partial charge in [-0.15, -0.1) is 11.3 Å². The summed E-state index contributed by atoms with van der Waals surface area (Å²) in [7, 11) is 0. The van der Waals surface area contributed by atoms with Gasteiger partial charge in [-0.1, -0.05) is 25.8 Å². The fourth-order valence-electron chi connectivity index (χ4n) is 2.26. The highest BCUT2D eigenvalue weighted by Crippen LogP contribution is 2.17. The Labute approximate surface area is 123 Å². The molecule has 1 N–H and O–H groups in total. The third kappa shape index (κ3) is 6.55. The van der Waals surface area contributed by atoms with Crippen LogP contribution in [0.4, 0.5) is 0 Å². The second kappa shape index (κ2) is 9.51. The second-order valence-corrected chi connectivity index (χ2v) is 6.51. The summed E-state index contributed by atoms with van der Waals surface area (Å²) < 4.78 is 0. The molecule has 3 heteroatoms. The van der Waals surface area contributed by atoms with Crippen molar-refractivity contribution in [1.82, 2.24) is 10.2 Å². The Morgan fingerprint density at radius 2 is 2.00 bits per heavy atom. The van der Waals surface area contributed by atoms with Gasteiger partial charge in [-0.05, 0) is 45.2 Å². The Morgan fingerprint density at radius 3 is 2.58 bits per heavy atom. The van der Waals surface area contributed by atoms with E-state index < -0.39 is 0 Å². The van der Waals surface area contributed by atoms with Crippen molar-refractivity contribution in [3.05, 3.63) is 22.4 Å². The fraction of sp³-hybridized carbons (Fsp3) is 0.750. The largest absolute Gasteiger partial charge is 0.308 e. The van der Waals surface area contributed by atoms with E-state index in [9.17, 15) is 0 Å². The van der Waals surface area contributed by atoms with E-state index in [1.165, 1.54) is 30.7 Å². The molecule has 0 spiro atoms. The van der Waals surface area contributed by atoms with Crippen LogP contribution in [0.1, 0.15) is 57.9 Å². The van der Waals surface area contributed by atoms with Crippen molar-refractivity contribution < 1.29 is 0 Å². The van der Waals surface area contributed by atoms with Crippen LogP contribution in [-0.4, -0.2) is 30.6 Å². The topological polar surface area (TPSA) is 15.3 Å². The van der Waals surface area contributed by atoms with E-state index in [0.717, 1.165) is 13.1 Å². The maximum atomic E-state index is 3.63. The molecular formula is C16H30N2S. The monoisotopic (exact) mass is 282 g/mol. The maximum Gasteiger partial charge on any atom is 0.0386 e. The number of hydrogen-bond donors (Lipinski definition) is 1. The molecule has 0 saturated heterocycles. The molecule has 19 heavy (non-hydrogen) atoms. The van der Waals surface area contributed by atoms with Gasteiger partial charge in [0.05, 0.1) is 0 Å². The highest BCUT2D eigenvalue weighted by atomic mass is 32.1. The lowest BCUT2D eigenvalue weighted by molar-refractivity contribution is 0.215. The predicted octanol–water partition coefficient (Wildman–Crippen LogP) is 4.30. The van der Waals surface area contributed by atoms with Gasteiger partial charge in [0.15, 0.2) is 0 Å². The van der Waals surface area contributed by atoms with Crippen molar-refractivity contribution in [2.75, 3.05) is 19.6 Å². The van der Waals surface area contributed by atoms with Crippen molar-refractivity contribution in [2.45, 2.75) is 59.0 Å². The molecule has 1 unspecified atom stereocenters. The molecule has 1 atom stereocenters. The van der Waals surface area contributed by atoms with E-state index in [1.807, 2.05) is 11.3 Å². The lowest BCUT2D eigenvalue weighted by Gasteiger charge is -2.27. The highest BCUT2D eigenvalue weighted by Gasteiger charge is 2.10. The van der Waals surface area contributed by atoms with Crippen LogP contribution >= 0.6 is 11.3 Å². The quantitative estimate of drug-likeness (QED) is 0.644. The second-order valence-electron chi connectivity index (χ2n) is 5.53. The molecule has 1 aromatic heterocycles. The Balaban J connectivity index is 2.24. The first-order chi connectivity index (χ1) is 9.15. The minimum Gasteiger partial charge on any atom is -0.308 e. The summed E-state index contributed by atoms with van der Waals surface area (Å²) in [5.74, 6) is 0. The first-order valence-corrected chi connectivity index (χ1v) is 8.54. The molecule has 0 fully saturated rings. The van der Waals surface area contributed by atoms with Gasteiger partial charge in [-0.2, -0.15) is 0 Å². The van der Waals surface area contributed by atoms with Crippen LogP contribution in [0.25, 0.3) is 0 Å². The van der Waals surface area contributed by atoms with Crippen LogP contribution in [0.5, 0.6) is 0 Å². The molecular weight excluding hydrogens is 252 g/mol. The van der Waals surface area contributed by atoms with E-state index in [0.29, 0.717) is 12.1 Å². The number of rotatable bonds is 10. The minimum atomic E-state index is 0.477. The molecule has 0 saturated carbocycles. The van der Waals surface area contributed by atoms with Gasteiger partial charge >= 0.3 is 0 Å². The molecule has 0 aromatic carbocycles. The number of unbranched alkanes of at least 4 members (excludes halogenated alkanes) is 2. The minimum absolute atomic E-state index is 0.477. The lowest BCUT2D eigenvalue weighted by atomic mass is 10.2. The van der Waals surface area contributed by atoms with Crippen LogP contribution in [0.15, 0.2) is 17.5 Å². The van der Waals surface area contributed by atoms with Crippen molar-refractivity contribution in [3.8, 4) is 0 Å². The molecule has 110 valence electrons. The number of nitrogens with zero attached hydrogens (tertiary/aromatic N) is 1. The van der Waals surface area contributed by atoms with Crippen molar-refractivity contribution in [3.63, 3.8) is 0 Å². The van der Waals surface area contributed by atoms with Crippen LogP contribution < -0.4 is 5.32 Å². The van der Waals surface area contributed by atoms with Crippen LogP contribution in [0, 0.1) is 0 Å². The summed E-state index contributed by atoms with van der Waals surface area (Å²) in [6.07, 6.45) is 3.98. The molecule has 1 heterocycles. The standard InChI is InChI=1S/C16H30N2S/c1-5-6-7-11-18(14(2)3)12-10-17-15(4)16-9-8-13-19-16/h8-9,13-15,17H,5-7,10-12H2,1-4H3. The van der Waals surface area contributed by atoms with E-state index in [-0.39, 0.29) is 0 Å². The fourth-order valence-corrected chi connectivity index (χ4v) is 3.01. The summed E-state index contributed by atoms with van der Waals surface area (Å²) in [5, 5.41) is 5.78. The van der Waals surface area contributed by atoms with E-state index in [2.05, 4.69) is 55.4 Å². The van der Waals surface area contributed by atoms with Crippen molar-refractivity contribution in [1.29, 1.82) is 0 Å². The molecule has 1 rings (SSSR count). The Kier molecular flexibility index (Phi) is 8.35. The molecule has 0 bridgehead atoms. The number of nitrogens with one attached hydrogen (secondary N) is 1. The van der Waals surface area contributed by atoms with Gasteiger partial charge in [-0.25, -0.2) is 0 Å². The van der Waals surface area contributed by atoms with Crippen LogP contribution in [0.3, 0.4) is 0 Å². The lowest BCUT2D eigenvalue weighted by Crippen LogP contribution is -2.38. The third-order valence-electron chi connectivity index (χ3n) is 3.60. The van der Waals surface area contributed by atoms with Crippen molar-refractivity contribution >= 4 is 11.3 Å². The highest BCUT2D eigenvalue weighted by molar-refractivity contribution is 7.10. The van der Waals surface area contributed by atoms with Crippen molar-refractivity contribution in [2.24, 2.45) is 0 Å². The third-order valence-corrected chi connectivity index (χ3v) is 4.65. The zero-order valence-corrected chi connectivity index (χ0v) is 13.8. The molecule has 0 aliphatic heterocycles. The van der Waals surface area contributed by atoms with E-state index in [1.54, 1.807) is 0 Å². The first-order valence-electron chi connectivity index (χ1n) is 7.66. The Hall–Kier alpha value is -0.380. The summed E-state index contributed by atoms with van der Waals surface area (Å²) in [6.45, 7) is 12.6. The number of thiophene rings is 1. The van der Waals surface area contributed by atoms with Gasteiger partial charge < -0.3 is 5.32 Å². The van der Waals surface area contributed by atoms with Gasteiger partial charge in [-0.3, -0.25) is 4.90 Å². The summed E-state index contributed by atoms with van der Waals surface area (Å²) in [5.41, 5.74) is 0. The molecule has 1 aromatic rings. The summed E-state index contributed by atoms with van der Waals surface area (Å²) in [6, 6.07) is 5.47. The molecule has 0 radical (unpaired) electrons.